The summed E-state index contributed by atoms with van der Waals surface area (Å²) in [5.41, 5.74) is 0. The molecule has 0 radical (unpaired) electrons. The molecule has 0 aromatic carbocycles. The smallest absolute Gasteiger partial charge is 0.319 e. The van der Waals surface area contributed by atoms with Gasteiger partial charge < -0.3 is 5.11 Å². The van der Waals surface area contributed by atoms with Crippen LogP contribution < -0.4 is 0 Å². The number of aliphatic hydroxyl groups is 1. The molecule has 0 fully saturated rings. The van der Waals surface area contributed by atoms with Gasteiger partial charge in [-0.2, -0.15) is 17.6 Å². The van der Waals surface area contributed by atoms with Gasteiger partial charge in [-0.3, -0.25) is 0 Å². The molecular weight excluding hydrogens is 280 g/mol. The van der Waals surface area contributed by atoms with Gasteiger partial charge in [0, 0.05) is 0 Å². The van der Waals surface area contributed by atoms with E-state index in [1.54, 1.807) is 0 Å². The first-order valence-electron chi connectivity index (χ1n) is 3.01. The molecule has 0 aliphatic heterocycles. The molecule has 0 heterocycles. The summed E-state index contributed by atoms with van der Waals surface area (Å²) in [5, 5.41) is 7.77. The van der Waals surface area contributed by atoms with Gasteiger partial charge in [0.15, 0.2) is 0 Å². The molecule has 94 valence electrons. The normalized spacial score (nSPS) is 9.73. The van der Waals surface area contributed by atoms with Crippen LogP contribution in [0.25, 0.3) is 0 Å². The van der Waals surface area contributed by atoms with Crippen molar-refractivity contribution >= 4 is 15.9 Å². The predicted molar refractivity (Wildman–Crippen MR) is 59.8 cm³/mol. The lowest BCUT2D eigenvalue weighted by Crippen LogP contribution is -2.16. The van der Waals surface area contributed by atoms with Crippen molar-refractivity contribution in [2.45, 2.75) is 25.6 Å². The van der Waals surface area contributed by atoms with Gasteiger partial charge in [-0.15, -0.1) is 0 Å². The van der Waals surface area contributed by atoms with Crippen LogP contribution in [-0.4, -0.2) is 22.5 Å². The maximum absolute atomic E-state index is 11.5. The number of alkyl halides is 5. The fraction of sp³-hybridized carbons (Fsp3) is 0.556. The van der Waals surface area contributed by atoms with E-state index in [-0.39, 0.29) is 14.9 Å². The van der Waals surface area contributed by atoms with Crippen molar-refractivity contribution in [1.82, 2.24) is 0 Å². The third kappa shape index (κ3) is 24.8. The van der Waals surface area contributed by atoms with Crippen molar-refractivity contribution in [1.29, 1.82) is 0 Å². The van der Waals surface area contributed by atoms with Crippen molar-refractivity contribution in [2.24, 2.45) is 0 Å². The van der Waals surface area contributed by atoms with Crippen LogP contribution in [0.5, 0.6) is 0 Å². The molecule has 6 heteroatoms. The van der Waals surface area contributed by atoms with Crippen molar-refractivity contribution in [3.8, 4) is 0 Å². The molecule has 0 unspecified atom stereocenters. The molecule has 0 spiro atoms. The highest BCUT2D eigenvalue weighted by atomic mass is 79.9. The molecule has 0 aliphatic carbocycles. The Labute approximate surface area is 96.6 Å². The average molecular weight is 297 g/mol. The van der Waals surface area contributed by atoms with Crippen molar-refractivity contribution in [3.63, 3.8) is 0 Å². The second kappa shape index (κ2) is 10.2. The standard InChI is InChI=1S/C4H6F2O.C3H3BrF2.2CH4/c1-2-4(5,6)3-7;1-2-3(4,5)6;;/h2,7H,1,3H2;2H,1H2;2*1H4. The van der Waals surface area contributed by atoms with E-state index < -0.39 is 17.4 Å². The zero-order chi connectivity index (χ0) is 11.1. The largest absolute Gasteiger partial charge is 0.390 e. The lowest BCUT2D eigenvalue weighted by molar-refractivity contribution is -0.00450. The van der Waals surface area contributed by atoms with Gasteiger partial charge >= 0.3 is 4.83 Å². The minimum atomic E-state index is -3.10. The summed E-state index contributed by atoms with van der Waals surface area (Å²) in [6, 6.07) is 0. The molecule has 1 N–H and O–H groups in total. The maximum atomic E-state index is 11.5. The number of hydrogen-bond acceptors (Lipinski definition) is 1. The van der Waals surface area contributed by atoms with Crippen molar-refractivity contribution in [3.05, 3.63) is 25.3 Å². The zero-order valence-electron chi connectivity index (χ0n) is 6.61. The van der Waals surface area contributed by atoms with Crippen LogP contribution >= 0.6 is 15.9 Å². The fourth-order valence-corrected chi connectivity index (χ4v) is 0.0645. The van der Waals surface area contributed by atoms with Crippen LogP contribution in [0.3, 0.4) is 0 Å². The molecule has 0 aliphatic rings. The molecule has 1 nitrogen and oxygen atoms in total. The highest BCUT2D eigenvalue weighted by Crippen LogP contribution is 2.21. The predicted octanol–water partition coefficient (Wildman–Crippen LogP) is 4.23. The first-order chi connectivity index (χ1) is 5.68. The van der Waals surface area contributed by atoms with Crippen LogP contribution in [0.2, 0.25) is 0 Å². The summed E-state index contributed by atoms with van der Waals surface area (Å²) in [6.45, 7) is 4.47. The van der Waals surface area contributed by atoms with E-state index in [9.17, 15) is 17.6 Å². The average Bonchev–Trinajstić information content (AvgIpc) is 2.04. The Bertz CT molecular complexity index is 166. The lowest BCUT2D eigenvalue weighted by atomic mass is 10.4. The summed E-state index contributed by atoms with van der Waals surface area (Å²) in [7, 11) is 0. The second-order valence-electron chi connectivity index (χ2n) is 1.87. The first kappa shape index (κ1) is 24.1. The zero-order valence-corrected chi connectivity index (χ0v) is 8.20. The Morgan fingerprint density at radius 2 is 1.33 bits per heavy atom. The van der Waals surface area contributed by atoms with Gasteiger partial charge in [0.1, 0.15) is 6.61 Å². The minimum absolute atomic E-state index is 0. The Morgan fingerprint density at radius 3 is 1.33 bits per heavy atom. The van der Waals surface area contributed by atoms with Gasteiger partial charge in [-0.1, -0.05) is 28.0 Å². The third-order valence-corrected chi connectivity index (χ3v) is 1.06. The molecule has 0 rings (SSSR count). The Morgan fingerprint density at radius 1 is 1.07 bits per heavy atom. The highest BCUT2D eigenvalue weighted by molar-refractivity contribution is 9.10. The molecular formula is C9H17BrF4O. The second-order valence-corrected chi connectivity index (χ2v) is 2.93. The highest BCUT2D eigenvalue weighted by Gasteiger charge is 2.21. The van der Waals surface area contributed by atoms with Crippen molar-refractivity contribution < 1.29 is 22.7 Å². The summed E-state index contributed by atoms with van der Waals surface area (Å²) < 4.78 is 45.5. The van der Waals surface area contributed by atoms with Crippen LogP contribution in [0, 0.1) is 0 Å². The number of allylic oxidation sites excluding steroid dienone is 1. The Kier molecular flexibility index (Phi) is 16.3. The molecule has 0 aromatic rings. The number of hydrogen-bond donors (Lipinski definition) is 1. The van der Waals surface area contributed by atoms with Crippen LogP contribution in [0.4, 0.5) is 17.6 Å². The fourth-order valence-electron chi connectivity index (χ4n) is 0.0645. The van der Waals surface area contributed by atoms with Crippen LogP contribution in [-0.2, 0) is 0 Å². The molecule has 15 heavy (non-hydrogen) atoms. The summed E-state index contributed by atoms with van der Waals surface area (Å²) in [4.78, 5) is -2.88. The quantitative estimate of drug-likeness (QED) is 0.469. The minimum Gasteiger partial charge on any atom is -0.390 e. The Balaban J connectivity index is -0.0000000718. The number of rotatable bonds is 3. The van der Waals surface area contributed by atoms with Gasteiger partial charge in [-0.25, -0.2) is 0 Å². The molecule has 0 saturated carbocycles. The SMILES string of the molecule is C.C.C=CC(F)(F)Br.C=CC(F)(F)CO. The maximum Gasteiger partial charge on any atom is 0.319 e. The van der Waals surface area contributed by atoms with E-state index in [0.29, 0.717) is 12.2 Å². The topological polar surface area (TPSA) is 20.2 Å². The molecule has 0 saturated heterocycles. The number of halogens is 5. The number of aliphatic hydroxyl groups excluding tert-OH is 1. The molecule has 0 amide bonds. The van der Waals surface area contributed by atoms with Crippen LogP contribution in [0.1, 0.15) is 14.9 Å². The molecule has 0 atom stereocenters. The molecule has 0 bridgehead atoms. The first-order valence-corrected chi connectivity index (χ1v) is 3.80. The van der Waals surface area contributed by atoms with Gasteiger partial charge in [-0.05, 0) is 28.1 Å². The summed E-state index contributed by atoms with van der Waals surface area (Å²) >= 11 is 2.03. The monoisotopic (exact) mass is 296 g/mol. The molecule has 0 aromatic heterocycles. The van der Waals surface area contributed by atoms with E-state index in [0.717, 1.165) is 0 Å². The lowest BCUT2D eigenvalue weighted by Gasteiger charge is -2.03. The van der Waals surface area contributed by atoms with Gasteiger partial charge in [0.2, 0.25) is 0 Å². The van der Waals surface area contributed by atoms with E-state index in [4.69, 9.17) is 5.11 Å². The summed E-state index contributed by atoms with van der Waals surface area (Å²) in [5.74, 6) is -3.10. The van der Waals surface area contributed by atoms with E-state index in [1.165, 1.54) is 0 Å². The summed E-state index contributed by atoms with van der Waals surface area (Å²) in [6.07, 6.45) is 0.931. The third-order valence-electron chi connectivity index (χ3n) is 0.741. The van der Waals surface area contributed by atoms with Gasteiger partial charge in [0.05, 0.1) is 0 Å². The van der Waals surface area contributed by atoms with Gasteiger partial charge in [0.25, 0.3) is 5.92 Å². The van der Waals surface area contributed by atoms with E-state index in [2.05, 4.69) is 13.2 Å². The van der Waals surface area contributed by atoms with E-state index in [1.807, 2.05) is 15.9 Å². The van der Waals surface area contributed by atoms with E-state index >= 15 is 0 Å². The van der Waals surface area contributed by atoms with Crippen LogP contribution in [0.15, 0.2) is 25.3 Å². The Hall–Kier alpha value is -0.360. The van der Waals surface area contributed by atoms with Crippen molar-refractivity contribution in [2.75, 3.05) is 6.61 Å².